The summed E-state index contributed by atoms with van der Waals surface area (Å²) >= 11 is 0. The summed E-state index contributed by atoms with van der Waals surface area (Å²) in [5, 5.41) is 9.78. The molecule has 4 atom stereocenters. The number of nitrogens with one attached hydrogen (secondary N) is 1. The minimum absolute atomic E-state index is 0.0648. The van der Waals surface area contributed by atoms with Crippen molar-refractivity contribution < 1.29 is 37.3 Å². The van der Waals surface area contributed by atoms with Gasteiger partial charge in [-0.1, -0.05) is 0 Å². The summed E-state index contributed by atoms with van der Waals surface area (Å²) in [5.41, 5.74) is 1.20. The largest absolute Gasteiger partial charge is 0.497 e. The van der Waals surface area contributed by atoms with Crippen LogP contribution in [0.3, 0.4) is 0 Å². The second kappa shape index (κ2) is 8.97. The lowest BCUT2D eigenvalue weighted by molar-refractivity contribution is -0.156. The fourth-order valence-corrected chi connectivity index (χ4v) is 5.24. The number of sulfonamides is 1. The summed E-state index contributed by atoms with van der Waals surface area (Å²) in [6.07, 6.45) is -0.907. The minimum atomic E-state index is -3.80. The molecule has 2 aromatic rings. The maximum absolute atomic E-state index is 12.8. The van der Waals surface area contributed by atoms with Gasteiger partial charge in [0.1, 0.15) is 23.7 Å². The molecular formula is C22H25NO8S. The number of aliphatic hydroxyl groups excluding tert-OH is 1. The van der Waals surface area contributed by atoms with Crippen LogP contribution in [-0.4, -0.2) is 58.6 Å². The Kier molecular flexibility index (Phi) is 6.27. The van der Waals surface area contributed by atoms with E-state index < -0.39 is 34.3 Å². The Bertz CT molecular complexity index is 1090. The lowest BCUT2D eigenvalue weighted by atomic mass is 9.84. The van der Waals surface area contributed by atoms with Gasteiger partial charge >= 0.3 is 5.97 Å². The summed E-state index contributed by atoms with van der Waals surface area (Å²) in [7, 11) is -0.982. The monoisotopic (exact) mass is 463 g/mol. The van der Waals surface area contributed by atoms with Gasteiger partial charge in [0.25, 0.3) is 10.0 Å². The van der Waals surface area contributed by atoms with Crippen LogP contribution in [0.2, 0.25) is 0 Å². The van der Waals surface area contributed by atoms with Gasteiger partial charge in [0.05, 0.1) is 38.2 Å². The standard InChI is InChI=1S/C22H25NO8S/c1-28-14-4-6-16(7-5-14)32(26,27)23-13-3-8-19-17(9-13)18-10-15(11-21(25)29-2)30-20(12-24)22(18)31-19/h3-9,15,18,20,22-24H,10-12H2,1-2H3/t15-,18+,20+,22-/m0/s1. The molecule has 0 radical (unpaired) electrons. The van der Waals surface area contributed by atoms with E-state index in [0.29, 0.717) is 23.6 Å². The lowest BCUT2D eigenvalue weighted by Crippen LogP contribution is -2.46. The van der Waals surface area contributed by atoms with E-state index in [1.54, 1.807) is 30.3 Å². The number of hydrogen-bond donors (Lipinski definition) is 2. The highest BCUT2D eigenvalue weighted by Crippen LogP contribution is 2.47. The Balaban J connectivity index is 1.57. The Morgan fingerprint density at radius 2 is 1.94 bits per heavy atom. The average molecular weight is 464 g/mol. The van der Waals surface area contributed by atoms with Crippen molar-refractivity contribution in [2.24, 2.45) is 0 Å². The van der Waals surface area contributed by atoms with Gasteiger partial charge < -0.3 is 24.1 Å². The SMILES string of the molecule is COC(=O)C[C@@H]1C[C@@H]2c3cc(NS(=O)(=O)c4ccc(OC)cc4)ccc3O[C@@H]2[C@@H](CO)O1. The number of benzene rings is 2. The smallest absolute Gasteiger partial charge is 0.308 e. The highest BCUT2D eigenvalue weighted by molar-refractivity contribution is 7.92. The number of anilines is 1. The topological polar surface area (TPSA) is 120 Å². The number of rotatable bonds is 7. The zero-order valence-electron chi connectivity index (χ0n) is 17.7. The first-order valence-corrected chi connectivity index (χ1v) is 11.6. The third kappa shape index (κ3) is 4.38. The van der Waals surface area contributed by atoms with E-state index in [1.807, 2.05) is 0 Å². The molecule has 32 heavy (non-hydrogen) atoms. The van der Waals surface area contributed by atoms with Gasteiger partial charge in [0.15, 0.2) is 0 Å². The van der Waals surface area contributed by atoms with Crippen molar-refractivity contribution >= 4 is 21.7 Å². The number of hydrogen-bond acceptors (Lipinski definition) is 8. The van der Waals surface area contributed by atoms with E-state index in [4.69, 9.17) is 18.9 Å². The zero-order chi connectivity index (χ0) is 22.9. The molecule has 0 amide bonds. The molecule has 172 valence electrons. The second-order valence-electron chi connectivity index (χ2n) is 7.72. The molecule has 0 aromatic heterocycles. The van der Waals surface area contributed by atoms with Crippen molar-refractivity contribution in [3.8, 4) is 11.5 Å². The molecule has 9 nitrogen and oxygen atoms in total. The van der Waals surface area contributed by atoms with Gasteiger partial charge in [-0.15, -0.1) is 0 Å². The van der Waals surface area contributed by atoms with Crippen molar-refractivity contribution in [3.63, 3.8) is 0 Å². The zero-order valence-corrected chi connectivity index (χ0v) is 18.5. The molecule has 2 aromatic carbocycles. The third-order valence-corrected chi connectivity index (χ3v) is 7.14. The third-order valence-electron chi connectivity index (χ3n) is 5.74. The fraction of sp³-hybridized carbons (Fsp3) is 0.409. The molecule has 2 aliphatic rings. The van der Waals surface area contributed by atoms with Crippen LogP contribution in [-0.2, 0) is 24.3 Å². The number of aliphatic hydroxyl groups is 1. The number of carbonyl (C=O) groups is 1. The molecule has 0 saturated carbocycles. The summed E-state index contributed by atoms with van der Waals surface area (Å²) in [5.74, 6) is 0.610. The molecule has 2 aliphatic heterocycles. The van der Waals surface area contributed by atoms with E-state index in [2.05, 4.69) is 4.72 Å². The van der Waals surface area contributed by atoms with Crippen LogP contribution >= 0.6 is 0 Å². The number of fused-ring (bicyclic) bond motifs is 3. The van der Waals surface area contributed by atoms with Crippen LogP contribution in [0.25, 0.3) is 0 Å². The van der Waals surface area contributed by atoms with E-state index in [1.165, 1.54) is 26.4 Å². The predicted molar refractivity (Wildman–Crippen MR) is 114 cm³/mol. The first-order valence-electron chi connectivity index (χ1n) is 10.1. The van der Waals surface area contributed by atoms with Crippen LogP contribution in [0.4, 0.5) is 5.69 Å². The van der Waals surface area contributed by atoms with Crippen molar-refractivity contribution in [2.75, 3.05) is 25.5 Å². The van der Waals surface area contributed by atoms with Crippen molar-refractivity contribution in [2.45, 2.75) is 42.0 Å². The quantitative estimate of drug-likeness (QED) is 0.599. The molecule has 10 heteroatoms. The van der Waals surface area contributed by atoms with Crippen molar-refractivity contribution in [1.82, 2.24) is 0 Å². The van der Waals surface area contributed by atoms with Crippen LogP contribution in [0.1, 0.15) is 24.3 Å². The molecule has 0 aliphatic carbocycles. The van der Waals surface area contributed by atoms with Crippen LogP contribution in [0.15, 0.2) is 47.4 Å². The molecule has 0 spiro atoms. The number of ether oxygens (including phenoxy) is 4. The van der Waals surface area contributed by atoms with Crippen molar-refractivity contribution in [3.05, 3.63) is 48.0 Å². The van der Waals surface area contributed by atoms with Gasteiger partial charge in [-0.05, 0) is 48.9 Å². The number of methoxy groups -OCH3 is 2. The maximum atomic E-state index is 12.8. The summed E-state index contributed by atoms with van der Waals surface area (Å²) in [4.78, 5) is 11.8. The molecule has 4 rings (SSSR count). The fourth-order valence-electron chi connectivity index (χ4n) is 4.19. The summed E-state index contributed by atoms with van der Waals surface area (Å²) < 4.78 is 49.8. The Morgan fingerprint density at radius 3 is 2.59 bits per heavy atom. The van der Waals surface area contributed by atoms with E-state index in [0.717, 1.165) is 5.56 Å². The molecule has 0 bridgehead atoms. The predicted octanol–water partition coefficient (Wildman–Crippen LogP) is 2.05. The Morgan fingerprint density at radius 1 is 1.19 bits per heavy atom. The molecule has 0 unspecified atom stereocenters. The highest BCUT2D eigenvalue weighted by Gasteiger charge is 2.46. The second-order valence-corrected chi connectivity index (χ2v) is 9.40. The number of carbonyl (C=O) groups excluding carboxylic acids is 1. The molecule has 2 heterocycles. The Hall–Kier alpha value is -2.82. The van der Waals surface area contributed by atoms with E-state index >= 15 is 0 Å². The Labute approximate surface area is 186 Å². The maximum Gasteiger partial charge on any atom is 0.308 e. The van der Waals surface area contributed by atoms with E-state index in [-0.39, 0.29) is 23.8 Å². The summed E-state index contributed by atoms with van der Waals surface area (Å²) in [6.45, 7) is -0.260. The molecule has 2 N–H and O–H groups in total. The van der Waals surface area contributed by atoms with Gasteiger partial charge in [0, 0.05) is 17.2 Å². The molecule has 1 saturated heterocycles. The first-order chi connectivity index (χ1) is 15.3. The number of esters is 1. The van der Waals surface area contributed by atoms with Gasteiger partial charge in [-0.25, -0.2) is 8.42 Å². The normalized spacial score (nSPS) is 24.1. The highest BCUT2D eigenvalue weighted by atomic mass is 32.2. The van der Waals surface area contributed by atoms with E-state index in [9.17, 15) is 18.3 Å². The first kappa shape index (κ1) is 22.4. The van der Waals surface area contributed by atoms with Crippen LogP contribution in [0.5, 0.6) is 11.5 Å². The minimum Gasteiger partial charge on any atom is -0.497 e. The van der Waals surface area contributed by atoms with Crippen LogP contribution in [0, 0.1) is 0 Å². The van der Waals surface area contributed by atoms with Crippen molar-refractivity contribution in [1.29, 1.82) is 0 Å². The van der Waals surface area contributed by atoms with Gasteiger partial charge in [-0.3, -0.25) is 9.52 Å². The average Bonchev–Trinajstić information content (AvgIpc) is 3.16. The van der Waals surface area contributed by atoms with Gasteiger partial charge in [0.2, 0.25) is 0 Å². The van der Waals surface area contributed by atoms with Gasteiger partial charge in [-0.2, -0.15) is 0 Å². The summed E-state index contributed by atoms with van der Waals surface area (Å²) in [6, 6.07) is 11.1. The van der Waals surface area contributed by atoms with Crippen LogP contribution < -0.4 is 14.2 Å². The lowest BCUT2D eigenvalue weighted by Gasteiger charge is -2.36. The molecular weight excluding hydrogens is 438 g/mol. The molecule has 1 fully saturated rings.